The average molecular weight is 532 g/mol. The molecule has 1 aliphatic rings. The third-order valence-electron chi connectivity index (χ3n) is 8.48. The Morgan fingerprint density at radius 3 is 2.05 bits per heavy atom. The maximum absolute atomic E-state index is 12.5. The molecule has 1 aromatic heterocycles. The van der Waals surface area contributed by atoms with Crippen LogP contribution in [-0.2, 0) is 4.79 Å². The van der Waals surface area contributed by atoms with Gasteiger partial charge in [0, 0.05) is 18.0 Å². The lowest BCUT2D eigenvalue weighted by Gasteiger charge is -2.28. The highest BCUT2D eigenvalue weighted by Crippen LogP contribution is 2.37. The molecule has 0 spiro atoms. The first kappa shape index (κ1) is 30.8. The van der Waals surface area contributed by atoms with Gasteiger partial charge in [0.05, 0.1) is 6.07 Å². The van der Waals surface area contributed by atoms with Crippen LogP contribution >= 0.6 is 0 Å². The molecule has 0 amide bonds. The van der Waals surface area contributed by atoms with E-state index in [-0.39, 0.29) is 0 Å². The number of hydrogen-bond donors (Lipinski definition) is 0. The Balaban J connectivity index is 1.39. The maximum Gasteiger partial charge on any atom is 0.331 e. The fourth-order valence-corrected chi connectivity index (χ4v) is 5.82. The molecule has 5 heteroatoms. The third-order valence-corrected chi connectivity index (χ3v) is 8.48. The summed E-state index contributed by atoms with van der Waals surface area (Å²) >= 11 is 0. The van der Waals surface area contributed by atoms with Crippen molar-refractivity contribution in [2.75, 3.05) is 0 Å². The van der Waals surface area contributed by atoms with Gasteiger partial charge in [0.1, 0.15) is 5.75 Å². The van der Waals surface area contributed by atoms with Gasteiger partial charge >= 0.3 is 5.97 Å². The smallest absolute Gasteiger partial charge is 0.331 e. The van der Waals surface area contributed by atoms with Crippen molar-refractivity contribution in [1.29, 1.82) is 5.26 Å². The Hall–Kier alpha value is -2.74. The van der Waals surface area contributed by atoms with E-state index in [2.05, 4.69) is 23.0 Å². The summed E-state index contributed by atoms with van der Waals surface area (Å²) in [5, 5.41) is 9.41. The van der Waals surface area contributed by atoms with Gasteiger partial charge in [-0.25, -0.2) is 14.8 Å². The molecule has 212 valence electrons. The molecule has 3 rings (SSSR count). The number of benzene rings is 1. The molecule has 1 unspecified atom stereocenters. The molecule has 39 heavy (non-hydrogen) atoms. The van der Waals surface area contributed by atoms with E-state index in [1.807, 2.05) is 31.5 Å². The first-order valence-corrected chi connectivity index (χ1v) is 15.5. The Kier molecular flexibility index (Phi) is 12.9. The molecule has 5 nitrogen and oxygen atoms in total. The van der Waals surface area contributed by atoms with Crippen LogP contribution in [0.2, 0.25) is 0 Å². The van der Waals surface area contributed by atoms with Crippen molar-refractivity contribution in [1.82, 2.24) is 9.97 Å². The predicted octanol–water partition coefficient (Wildman–Crippen LogP) is 9.57. The van der Waals surface area contributed by atoms with Crippen molar-refractivity contribution in [3.63, 3.8) is 0 Å². The highest BCUT2D eigenvalue weighted by Gasteiger charge is 2.34. The zero-order valence-electron chi connectivity index (χ0n) is 24.6. The molecule has 1 heterocycles. The van der Waals surface area contributed by atoms with E-state index in [9.17, 15) is 10.1 Å². The van der Waals surface area contributed by atoms with Gasteiger partial charge in [0.2, 0.25) is 0 Å². The third kappa shape index (κ3) is 9.75. The maximum atomic E-state index is 12.5. The zero-order chi connectivity index (χ0) is 27.9. The van der Waals surface area contributed by atoms with Crippen molar-refractivity contribution in [3.05, 3.63) is 42.2 Å². The summed E-state index contributed by atoms with van der Waals surface area (Å²) in [6.07, 6.45) is 24.4. The lowest BCUT2D eigenvalue weighted by atomic mass is 9.77. The molecule has 0 bridgehead atoms. The number of esters is 1. The molecule has 0 N–H and O–H groups in total. The molecular weight excluding hydrogens is 482 g/mol. The molecule has 0 radical (unpaired) electrons. The van der Waals surface area contributed by atoms with E-state index in [1.54, 1.807) is 19.1 Å². The first-order valence-electron chi connectivity index (χ1n) is 15.5. The van der Waals surface area contributed by atoms with Crippen LogP contribution in [0.3, 0.4) is 0 Å². The minimum absolute atomic E-state index is 0.428. The van der Waals surface area contributed by atoms with Crippen molar-refractivity contribution in [3.8, 4) is 23.2 Å². The van der Waals surface area contributed by atoms with Crippen molar-refractivity contribution >= 4 is 5.97 Å². The summed E-state index contributed by atoms with van der Waals surface area (Å²) < 4.78 is 5.48. The van der Waals surface area contributed by atoms with Gasteiger partial charge in [-0.05, 0) is 80.7 Å². The number of ether oxygens (including phenoxy) is 1. The largest absolute Gasteiger partial charge is 0.425 e. The number of carbonyl (C=O) groups is 1. The number of unbranched alkanes of at least 4 members (excludes halogenated alkanes) is 8. The Bertz CT molecular complexity index is 1020. The van der Waals surface area contributed by atoms with E-state index in [0.29, 0.717) is 23.9 Å². The predicted molar refractivity (Wildman–Crippen MR) is 158 cm³/mol. The quantitative estimate of drug-likeness (QED) is 0.122. The molecular formula is C34H49N3O2. The van der Waals surface area contributed by atoms with Crippen LogP contribution in [0.5, 0.6) is 5.75 Å². The van der Waals surface area contributed by atoms with E-state index >= 15 is 0 Å². The Labute approximate surface area is 236 Å². The fraction of sp³-hybridized carbons (Fsp3) is 0.647. The van der Waals surface area contributed by atoms with Crippen LogP contribution in [0, 0.1) is 22.7 Å². The van der Waals surface area contributed by atoms with Crippen LogP contribution in [0.15, 0.2) is 36.7 Å². The number of nitriles is 1. The molecule has 0 aliphatic heterocycles. The van der Waals surface area contributed by atoms with E-state index in [4.69, 9.17) is 4.74 Å². The molecule has 1 aliphatic carbocycles. The number of hydrogen-bond acceptors (Lipinski definition) is 5. The van der Waals surface area contributed by atoms with Gasteiger partial charge in [0.25, 0.3) is 0 Å². The second-order valence-electron chi connectivity index (χ2n) is 11.8. The second kappa shape index (κ2) is 16.4. The first-order chi connectivity index (χ1) is 19.0. The summed E-state index contributed by atoms with van der Waals surface area (Å²) in [6, 6.07) is 9.30. The Morgan fingerprint density at radius 2 is 1.49 bits per heavy atom. The van der Waals surface area contributed by atoms with Crippen LogP contribution in [-0.4, -0.2) is 15.9 Å². The zero-order valence-corrected chi connectivity index (χ0v) is 24.6. The van der Waals surface area contributed by atoms with Gasteiger partial charge < -0.3 is 4.74 Å². The van der Waals surface area contributed by atoms with E-state index in [1.165, 1.54) is 95.5 Å². The van der Waals surface area contributed by atoms with Gasteiger partial charge in [-0.3, -0.25) is 0 Å². The SMILES string of the molecule is CCCCCCCCCCCC1CCC(c2cnc(-c3ccc(OC(=O)C(C)(C#N)CCC)cc3)nc2)CC1. The number of rotatable bonds is 16. The van der Waals surface area contributed by atoms with E-state index in [0.717, 1.165) is 17.9 Å². The van der Waals surface area contributed by atoms with Gasteiger partial charge in [-0.2, -0.15) is 5.26 Å². The summed E-state index contributed by atoms with van der Waals surface area (Å²) in [7, 11) is 0. The Morgan fingerprint density at radius 1 is 0.897 bits per heavy atom. The van der Waals surface area contributed by atoms with Gasteiger partial charge in [-0.15, -0.1) is 0 Å². The lowest BCUT2D eigenvalue weighted by Crippen LogP contribution is -2.30. The number of nitrogens with zero attached hydrogens (tertiary/aromatic N) is 3. The summed E-state index contributed by atoms with van der Waals surface area (Å²) in [5.41, 5.74) is 0.999. The highest BCUT2D eigenvalue weighted by molar-refractivity contribution is 5.81. The average Bonchev–Trinajstić information content (AvgIpc) is 2.97. The number of aromatic nitrogens is 2. The molecule has 1 fully saturated rings. The molecule has 1 aromatic carbocycles. The topological polar surface area (TPSA) is 75.9 Å². The van der Waals surface area contributed by atoms with Crippen molar-refractivity contribution in [2.45, 2.75) is 129 Å². The van der Waals surface area contributed by atoms with Crippen molar-refractivity contribution in [2.24, 2.45) is 11.3 Å². The van der Waals surface area contributed by atoms with Crippen LogP contribution < -0.4 is 4.74 Å². The van der Waals surface area contributed by atoms with Crippen LogP contribution in [0.25, 0.3) is 11.4 Å². The van der Waals surface area contributed by atoms with Crippen LogP contribution in [0.1, 0.15) is 135 Å². The summed E-state index contributed by atoms with van der Waals surface area (Å²) in [6.45, 7) is 5.87. The lowest BCUT2D eigenvalue weighted by molar-refractivity contribution is -0.142. The molecule has 0 saturated heterocycles. The van der Waals surface area contributed by atoms with Crippen molar-refractivity contribution < 1.29 is 9.53 Å². The van der Waals surface area contributed by atoms with Crippen LogP contribution in [0.4, 0.5) is 0 Å². The molecule has 2 aromatic rings. The number of carbonyl (C=O) groups excluding carboxylic acids is 1. The van der Waals surface area contributed by atoms with E-state index < -0.39 is 11.4 Å². The fourth-order valence-electron chi connectivity index (χ4n) is 5.82. The van der Waals surface area contributed by atoms with Gasteiger partial charge in [-0.1, -0.05) is 84.5 Å². The molecule has 1 atom stereocenters. The minimum Gasteiger partial charge on any atom is -0.425 e. The normalized spacial score (nSPS) is 18.7. The highest BCUT2D eigenvalue weighted by atomic mass is 16.5. The molecule has 1 saturated carbocycles. The second-order valence-corrected chi connectivity index (χ2v) is 11.8. The summed E-state index contributed by atoms with van der Waals surface area (Å²) in [5.74, 6) is 2.05. The monoisotopic (exact) mass is 531 g/mol. The standard InChI is InChI=1S/C34H49N3O2/c1-4-6-7-8-9-10-11-12-13-14-27-15-17-28(18-16-27)30-24-36-32(37-25-30)29-19-21-31(22-20-29)39-33(38)34(3,26-35)23-5-2/h19-22,24-25,27-28H,4-18,23H2,1-3H3. The summed E-state index contributed by atoms with van der Waals surface area (Å²) in [4.78, 5) is 21.8. The minimum atomic E-state index is -1.13. The van der Waals surface area contributed by atoms with Gasteiger partial charge in [0.15, 0.2) is 11.2 Å².